The average Bonchev–Trinajstić information content (AvgIpc) is 2.89. The summed E-state index contributed by atoms with van der Waals surface area (Å²) in [5, 5.41) is 18.5. The van der Waals surface area contributed by atoms with Gasteiger partial charge in [-0.05, 0) is 53.7 Å². The van der Waals surface area contributed by atoms with Crippen LogP contribution in [-0.2, 0) is 0 Å². The van der Waals surface area contributed by atoms with Crippen molar-refractivity contribution in [3.8, 4) is 5.75 Å². The molecule has 3 rings (SSSR count). The van der Waals surface area contributed by atoms with Gasteiger partial charge in [0.05, 0.1) is 6.61 Å². The van der Waals surface area contributed by atoms with Crippen LogP contribution in [0.1, 0.15) is 6.92 Å². The monoisotopic (exact) mass is 256 g/mol. The summed E-state index contributed by atoms with van der Waals surface area (Å²) in [6.45, 7) is 2.61. The lowest BCUT2D eigenvalue weighted by atomic mass is 10.3. The van der Waals surface area contributed by atoms with Gasteiger partial charge in [-0.15, -0.1) is 14.8 Å². The first kappa shape index (κ1) is 11.4. The van der Waals surface area contributed by atoms with E-state index in [0.717, 1.165) is 11.4 Å². The van der Waals surface area contributed by atoms with Crippen LogP contribution in [0.2, 0.25) is 0 Å². The van der Waals surface area contributed by atoms with E-state index < -0.39 is 0 Å². The van der Waals surface area contributed by atoms with Gasteiger partial charge in [0.1, 0.15) is 5.75 Å². The van der Waals surface area contributed by atoms with Gasteiger partial charge in [-0.1, -0.05) is 0 Å². The van der Waals surface area contributed by atoms with Crippen LogP contribution < -0.4 is 10.1 Å². The minimum absolute atomic E-state index is 0.609. The maximum atomic E-state index is 5.38. The molecule has 1 N–H and O–H groups in total. The van der Waals surface area contributed by atoms with Gasteiger partial charge in [-0.2, -0.15) is 0 Å². The second kappa shape index (κ2) is 4.89. The summed E-state index contributed by atoms with van der Waals surface area (Å²) >= 11 is 0. The number of hydrogen-bond acceptors (Lipinski definition) is 6. The Morgan fingerprint density at radius 1 is 1.16 bits per heavy atom. The summed E-state index contributed by atoms with van der Waals surface area (Å²) < 4.78 is 6.76. The number of fused-ring (bicyclic) bond motifs is 1. The smallest absolute Gasteiger partial charge is 0.200 e. The average molecular weight is 256 g/mol. The molecule has 0 fully saturated rings. The van der Waals surface area contributed by atoms with Gasteiger partial charge in [0, 0.05) is 5.69 Å². The second-order valence-electron chi connectivity index (χ2n) is 3.83. The number of aromatic nitrogens is 5. The van der Waals surface area contributed by atoms with E-state index >= 15 is 0 Å². The summed E-state index contributed by atoms with van der Waals surface area (Å²) in [5.74, 6) is 1.51. The zero-order valence-electron chi connectivity index (χ0n) is 10.3. The molecule has 2 heterocycles. The summed E-state index contributed by atoms with van der Waals surface area (Å²) in [5.41, 5.74) is 1.53. The van der Waals surface area contributed by atoms with E-state index in [-0.39, 0.29) is 0 Å². The molecule has 0 atom stereocenters. The molecule has 7 nitrogen and oxygen atoms in total. The maximum absolute atomic E-state index is 5.38. The van der Waals surface area contributed by atoms with Crippen LogP contribution in [0.25, 0.3) is 5.65 Å². The Balaban J connectivity index is 1.79. The Kier molecular flexibility index (Phi) is 2.93. The van der Waals surface area contributed by atoms with Crippen LogP contribution in [0.4, 0.5) is 11.5 Å². The highest BCUT2D eigenvalue weighted by Crippen LogP contribution is 2.18. The maximum Gasteiger partial charge on any atom is 0.200 e. The minimum atomic E-state index is 0.609. The van der Waals surface area contributed by atoms with Crippen molar-refractivity contribution in [1.82, 2.24) is 25.3 Å². The van der Waals surface area contributed by atoms with E-state index in [9.17, 15) is 0 Å². The van der Waals surface area contributed by atoms with Crippen LogP contribution >= 0.6 is 0 Å². The summed E-state index contributed by atoms with van der Waals surface area (Å²) in [6.07, 6.45) is 0. The van der Waals surface area contributed by atoms with E-state index in [0.29, 0.717) is 18.1 Å². The van der Waals surface area contributed by atoms with Crippen LogP contribution in [0.5, 0.6) is 5.75 Å². The van der Waals surface area contributed by atoms with Crippen molar-refractivity contribution in [3.05, 3.63) is 36.4 Å². The fraction of sp³-hybridized carbons (Fsp3) is 0.167. The highest BCUT2D eigenvalue weighted by atomic mass is 16.5. The van der Waals surface area contributed by atoms with E-state index in [1.807, 2.05) is 37.3 Å². The molecule has 0 saturated heterocycles. The van der Waals surface area contributed by atoms with Gasteiger partial charge < -0.3 is 10.1 Å². The van der Waals surface area contributed by atoms with Gasteiger partial charge in [-0.3, -0.25) is 0 Å². The molecule has 0 aliphatic carbocycles. The van der Waals surface area contributed by atoms with E-state index in [1.165, 1.54) is 4.63 Å². The van der Waals surface area contributed by atoms with Crippen molar-refractivity contribution in [2.75, 3.05) is 11.9 Å². The third-order valence-corrected chi connectivity index (χ3v) is 2.51. The zero-order valence-corrected chi connectivity index (χ0v) is 10.3. The Morgan fingerprint density at radius 3 is 2.79 bits per heavy atom. The van der Waals surface area contributed by atoms with E-state index in [2.05, 4.69) is 25.9 Å². The quantitative estimate of drug-likeness (QED) is 0.765. The number of anilines is 2. The molecule has 0 spiro atoms. The minimum Gasteiger partial charge on any atom is -0.494 e. The lowest BCUT2D eigenvalue weighted by molar-refractivity contribution is 0.340. The number of tetrazole rings is 1. The van der Waals surface area contributed by atoms with Crippen molar-refractivity contribution in [1.29, 1.82) is 0 Å². The van der Waals surface area contributed by atoms with Crippen molar-refractivity contribution < 1.29 is 4.74 Å². The molecule has 0 aliphatic rings. The molecule has 0 amide bonds. The highest BCUT2D eigenvalue weighted by Gasteiger charge is 2.01. The molecule has 3 aromatic rings. The largest absolute Gasteiger partial charge is 0.494 e. The van der Waals surface area contributed by atoms with Crippen molar-refractivity contribution in [2.45, 2.75) is 6.92 Å². The molecule has 0 radical (unpaired) electrons. The lowest BCUT2D eigenvalue weighted by Crippen LogP contribution is -2.00. The number of nitrogens with one attached hydrogen (secondary N) is 1. The molecule has 1 aromatic carbocycles. The van der Waals surface area contributed by atoms with Crippen molar-refractivity contribution in [3.63, 3.8) is 0 Å². The predicted molar refractivity (Wildman–Crippen MR) is 69.5 cm³/mol. The third kappa shape index (κ3) is 2.44. The van der Waals surface area contributed by atoms with Gasteiger partial charge >= 0.3 is 0 Å². The molecule has 0 aliphatic heterocycles. The Labute approximate surface area is 109 Å². The first-order chi connectivity index (χ1) is 9.35. The molecule has 0 unspecified atom stereocenters. The zero-order chi connectivity index (χ0) is 13.1. The summed E-state index contributed by atoms with van der Waals surface area (Å²) in [7, 11) is 0. The SMILES string of the molecule is CCOc1ccc(Nc2ccc3nnnn3n2)cc1. The normalized spacial score (nSPS) is 10.6. The molecule has 7 heteroatoms. The number of ether oxygens (including phenoxy) is 1. The fourth-order valence-corrected chi connectivity index (χ4v) is 1.67. The van der Waals surface area contributed by atoms with Crippen LogP contribution in [0.15, 0.2) is 36.4 Å². The number of nitrogens with zero attached hydrogens (tertiary/aromatic N) is 5. The molecule has 0 saturated carbocycles. The first-order valence-corrected chi connectivity index (χ1v) is 5.90. The number of hydrogen-bond donors (Lipinski definition) is 1. The summed E-state index contributed by atoms with van der Waals surface area (Å²) in [4.78, 5) is 0. The molecular formula is C12H12N6O. The van der Waals surface area contributed by atoms with E-state index in [1.54, 1.807) is 6.07 Å². The summed E-state index contributed by atoms with van der Waals surface area (Å²) in [6, 6.07) is 11.3. The Morgan fingerprint density at radius 2 is 2.00 bits per heavy atom. The van der Waals surface area contributed by atoms with Crippen molar-refractivity contribution >= 4 is 17.2 Å². The topological polar surface area (TPSA) is 77.2 Å². The second-order valence-corrected chi connectivity index (χ2v) is 3.83. The fourth-order valence-electron chi connectivity index (χ4n) is 1.67. The van der Waals surface area contributed by atoms with Gasteiger partial charge in [-0.25, -0.2) is 0 Å². The van der Waals surface area contributed by atoms with E-state index in [4.69, 9.17) is 4.74 Å². The van der Waals surface area contributed by atoms with Gasteiger partial charge in [0.15, 0.2) is 11.5 Å². The first-order valence-electron chi connectivity index (χ1n) is 5.90. The van der Waals surface area contributed by atoms with Crippen LogP contribution in [0.3, 0.4) is 0 Å². The van der Waals surface area contributed by atoms with Crippen LogP contribution in [-0.4, -0.2) is 31.9 Å². The molecular weight excluding hydrogens is 244 g/mol. The molecule has 2 aromatic heterocycles. The molecule has 96 valence electrons. The van der Waals surface area contributed by atoms with Gasteiger partial charge in [0.2, 0.25) is 0 Å². The van der Waals surface area contributed by atoms with Crippen molar-refractivity contribution in [2.24, 2.45) is 0 Å². The Hall–Kier alpha value is -2.70. The predicted octanol–water partition coefficient (Wildman–Crippen LogP) is 1.66. The lowest BCUT2D eigenvalue weighted by Gasteiger charge is -2.07. The molecule has 19 heavy (non-hydrogen) atoms. The highest BCUT2D eigenvalue weighted by molar-refractivity contribution is 5.57. The standard InChI is InChI=1S/C12H12N6O/c1-2-19-10-5-3-9(4-6-10)13-11-7-8-12-14-16-17-18(12)15-11/h3-8H,2H2,1H3,(H,13,15). The number of benzene rings is 1. The third-order valence-electron chi connectivity index (χ3n) is 2.51. The Bertz CT molecular complexity index is 678. The molecule has 0 bridgehead atoms. The number of rotatable bonds is 4. The van der Waals surface area contributed by atoms with Crippen LogP contribution in [0, 0.1) is 0 Å². The van der Waals surface area contributed by atoms with Gasteiger partial charge in [0.25, 0.3) is 0 Å².